The minimum atomic E-state index is 0.404. The number of aromatic nitrogens is 1. The quantitative estimate of drug-likeness (QED) is 0.874. The lowest BCUT2D eigenvalue weighted by Gasteiger charge is -2.30. The fraction of sp³-hybridized carbons (Fsp3) is 0.368. The summed E-state index contributed by atoms with van der Waals surface area (Å²) >= 11 is 0. The number of anilines is 1. The second-order valence-corrected chi connectivity index (χ2v) is 6.13. The summed E-state index contributed by atoms with van der Waals surface area (Å²) in [7, 11) is 0. The van der Waals surface area contributed by atoms with Gasteiger partial charge in [0.1, 0.15) is 11.9 Å². The van der Waals surface area contributed by atoms with Gasteiger partial charge in [-0.25, -0.2) is 4.98 Å². The topological polar surface area (TPSA) is 43.2 Å². The highest BCUT2D eigenvalue weighted by Crippen LogP contribution is 2.19. The van der Waals surface area contributed by atoms with Crippen LogP contribution in [0.3, 0.4) is 0 Å². The number of nitrogens with zero attached hydrogens (tertiary/aromatic N) is 4. The molecule has 2 aromatic rings. The summed E-state index contributed by atoms with van der Waals surface area (Å²) in [5, 5.41) is 8.90. The summed E-state index contributed by atoms with van der Waals surface area (Å²) in [6.07, 6.45) is 2.79. The number of hydrogen-bond acceptors (Lipinski definition) is 4. The molecule has 118 valence electrons. The third kappa shape index (κ3) is 3.88. The molecule has 1 aromatic carbocycles. The van der Waals surface area contributed by atoms with E-state index in [0.29, 0.717) is 11.6 Å². The van der Waals surface area contributed by atoms with Crippen LogP contribution >= 0.6 is 0 Å². The second-order valence-electron chi connectivity index (χ2n) is 6.13. The van der Waals surface area contributed by atoms with Crippen LogP contribution in [-0.2, 0) is 6.54 Å². The molecule has 0 bridgehead atoms. The third-order valence-corrected chi connectivity index (χ3v) is 4.35. The number of benzene rings is 1. The lowest BCUT2D eigenvalue weighted by molar-refractivity contribution is 0.268. The Balaban J connectivity index is 1.68. The van der Waals surface area contributed by atoms with E-state index in [2.05, 4.69) is 58.1 Å². The van der Waals surface area contributed by atoms with Crippen LogP contribution in [0.25, 0.3) is 0 Å². The Morgan fingerprint density at radius 2 is 2.00 bits per heavy atom. The molecule has 1 aliphatic rings. The highest BCUT2D eigenvalue weighted by molar-refractivity contribution is 5.43. The van der Waals surface area contributed by atoms with Gasteiger partial charge in [0.05, 0.1) is 5.56 Å². The first-order valence-electron chi connectivity index (χ1n) is 8.15. The lowest BCUT2D eigenvalue weighted by atomic mass is 10.2. The summed E-state index contributed by atoms with van der Waals surface area (Å²) in [6.45, 7) is 6.39. The van der Waals surface area contributed by atoms with Crippen molar-refractivity contribution < 1.29 is 0 Å². The summed E-state index contributed by atoms with van der Waals surface area (Å²) in [5.41, 5.74) is 1.98. The second kappa shape index (κ2) is 7.26. The van der Waals surface area contributed by atoms with Crippen molar-refractivity contribution in [1.29, 1.82) is 5.26 Å². The first-order valence-corrected chi connectivity index (χ1v) is 8.15. The smallest absolute Gasteiger partial charge is 0.128 e. The van der Waals surface area contributed by atoms with Crippen LogP contribution < -0.4 is 4.90 Å². The van der Waals surface area contributed by atoms with Crippen molar-refractivity contribution in [3.63, 3.8) is 0 Å². The monoisotopic (exact) mass is 306 g/mol. The molecule has 0 radical (unpaired) electrons. The van der Waals surface area contributed by atoms with E-state index in [1.165, 1.54) is 5.56 Å². The van der Waals surface area contributed by atoms with Gasteiger partial charge >= 0.3 is 0 Å². The molecule has 1 aliphatic heterocycles. The predicted octanol–water partition coefficient (Wildman–Crippen LogP) is 3.05. The number of pyridine rings is 1. The van der Waals surface area contributed by atoms with E-state index in [1.807, 2.05) is 12.1 Å². The lowest BCUT2D eigenvalue weighted by Crippen LogP contribution is -2.39. The SMILES string of the molecule is CC1CN(Cc2ccccc2)CCCN1c1ccc(C#N)cn1. The largest absolute Gasteiger partial charge is 0.353 e. The van der Waals surface area contributed by atoms with Crippen LogP contribution in [0.4, 0.5) is 5.82 Å². The maximum atomic E-state index is 8.90. The molecule has 3 rings (SSSR count). The van der Waals surface area contributed by atoms with Crippen LogP contribution in [0.5, 0.6) is 0 Å². The predicted molar refractivity (Wildman–Crippen MR) is 92.1 cm³/mol. The Hall–Kier alpha value is -2.38. The van der Waals surface area contributed by atoms with E-state index in [-0.39, 0.29) is 0 Å². The Morgan fingerprint density at radius 1 is 1.17 bits per heavy atom. The van der Waals surface area contributed by atoms with Crippen LogP contribution in [-0.4, -0.2) is 35.6 Å². The Kier molecular flexibility index (Phi) is 4.89. The summed E-state index contributed by atoms with van der Waals surface area (Å²) in [5.74, 6) is 0.970. The van der Waals surface area contributed by atoms with Crippen LogP contribution in [0.1, 0.15) is 24.5 Å². The molecule has 2 heterocycles. The highest BCUT2D eigenvalue weighted by Gasteiger charge is 2.22. The Labute approximate surface area is 138 Å². The van der Waals surface area contributed by atoms with Crippen molar-refractivity contribution in [2.24, 2.45) is 0 Å². The van der Waals surface area contributed by atoms with Gasteiger partial charge in [0.25, 0.3) is 0 Å². The Morgan fingerprint density at radius 3 is 2.70 bits per heavy atom. The average molecular weight is 306 g/mol. The third-order valence-electron chi connectivity index (χ3n) is 4.35. The maximum Gasteiger partial charge on any atom is 0.128 e. The molecular weight excluding hydrogens is 284 g/mol. The molecule has 0 saturated carbocycles. The molecule has 1 unspecified atom stereocenters. The van der Waals surface area contributed by atoms with Crippen molar-refractivity contribution in [3.8, 4) is 6.07 Å². The first-order chi connectivity index (χ1) is 11.3. The molecule has 4 heteroatoms. The molecule has 1 fully saturated rings. The molecule has 0 amide bonds. The molecule has 0 spiro atoms. The fourth-order valence-corrected chi connectivity index (χ4v) is 3.20. The maximum absolute atomic E-state index is 8.90. The van der Waals surface area contributed by atoms with Gasteiger partial charge in [-0.05, 0) is 31.0 Å². The summed E-state index contributed by atoms with van der Waals surface area (Å²) < 4.78 is 0. The van der Waals surface area contributed by atoms with Crippen LogP contribution in [0.15, 0.2) is 48.7 Å². The average Bonchev–Trinajstić information content (AvgIpc) is 2.77. The zero-order valence-electron chi connectivity index (χ0n) is 13.5. The molecule has 0 aliphatic carbocycles. The van der Waals surface area contributed by atoms with Gasteiger partial charge in [-0.3, -0.25) is 4.90 Å². The van der Waals surface area contributed by atoms with Gasteiger partial charge < -0.3 is 4.90 Å². The Bertz CT molecular complexity index is 660. The molecular formula is C19H22N4. The molecule has 23 heavy (non-hydrogen) atoms. The van der Waals surface area contributed by atoms with Crippen molar-refractivity contribution >= 4 is 5.82 Å². The standard InChI is InChI=1S/C19H22N4/c1-16-14-22(15-17-6-3-2-4-7-17)10-5-11-23(16)19-9-8-18(12-20)13-21-19/h2-4,6-9,13,16H,5,10-11,14-15H2,1H3. The van der Waals surface area contributed by atoms with E-state index < -0.39 is 0 Å². The first kappa shape index (κ1) is 15.5. The van der Waals surface area contributed by atoms with Crippen molar-refractivity contribution in [2.45, 2.75) is 25.9 Å². The van der Waals surface area contributed by atoms with Gasteiger partial charge in [0.2, 0.25) is 0 Å². The van der Waals surface area contributed by atoms with Crippen molar-refractivity contribution in [3.05, 3.63) is 59.8 Å². The van der Waals surface area contributed by atoms with E-state index in [1.54, 1.807) is 6.20 Å². The minimum Gasteiger partial charge on any atom is -0.353 e. The van der Waals surface area contributed by atoms with Gasteiger partial charge in [0.15, 0.2) is 0 Å². The highest BCUT2D eigenvalue weighted by atomic mass is 15.3. The van der Waals surface area contributed by atoms with Crippen LogP contribution in [0, 0.1) is 11.3 Å². The molecule has 1 aromatic heterocycles. The van der Waals surface area contributed by atoms with Gasteiger partial charge in [-0.15, -0.1) is 0 Å². The fourth-order valence-electron chi connectivity index (χ4n) is 3.20. The van der Waals surface area contributed by atoms with Crippen LogP contribution in [0.2, 0.25) is 0 Å². The number of rotatable bonds is 3. The molecule has 0 N–H and O–H groups in total. The van der Waals surface area contributed by atoms with Crippen molar-refractivity contribution in [2.75, 3.05) is 24.5 Å². The molecule has 1 saturated heterocycles. The normalized spacial score (nSPS) is 19.1. The molecule has 1 atom stereocenters. The minimum absolute atomic E-state index is 0.404. The van der Waals surface area contributed by atoms with E-state index >= 15 is 0 Å². The van der Waals surface area contributed by atoms with E-state index in [0.717, 1.165) is 38.4 Å². The van der Waals surface area contributed by atoms with Gasteiger partial charge in [0, 0.05) is 38.4 Å². The summed E-state index contributed by atoms with van der Waals surface area (Å²) in [4.78, 5) is 9.33. The number of hydrogen-bond donors (Lipinski definition) is 0. The zero-order chi connectivity index (χ0) is 16.1. The van der Waals surface area contributed by atoms with E-state index in [4.69, 9.17) is 5.26 Å². The van der Waals surface area contributed by atoms with Gasteiger partial charge in [-0.1, -0.05) is 30.3 Å². The summed E-state index contributed by atoms with van der Waals surface area (Å²) in [6, 6.07) is 17.0. The van der Waals surface area contributed by atoms with Gasteiger partial charge in [-0.2, -0.15) is 5.26 Å². The zero-order valence-corrected chi connectivity index (χ0v) is 13.5. The van der Waals surface area contributed by atoms with E-state index in [9.17, 15) is 0 Å². The molecule has 4 nitrogen and oxygen atoms in total. The number of nitriles is 1. The van der Waals surface area contributed by atoms with Crippen molar-refractivity contribution in [1.82, 2.24) is 9.88 Å².